The molecule has 2 aromatic carbocycles. The average Bonchev–Trinajstić information content (AvgIpc) is 3.33. The third-order valence-corrected chi connectivity index (χ3v) is 8.21. The molecule has 1 heterocycles. The lowest BCUT2D eigenvalue weighted by Gasteiger charge is -2.11. The van der Waals surface area contributed by atoms with Crippen molar-refractivity contribution in [2.24, 2.45) is 0 Å². The number of carbonyl (C=O) groups excluding carboxylic acids is 1. The predicted molar refractivity (Wildman–Crippen MR) is 165 cm³/mol. The minimum Gasteiger partial charge on any atom is -0.494 e. The van der Waals surface area contributed by atoms with Crippen LogP contribution < -0.4 is 14.6 Å². The number of anilines is 1. The molecule has 0 spiro atoms. The van der Waals surface area contributed by atoms with Gasteiger partial charge in [-0.05, 0) is 37.1 Å². The van der Waals surface area contributed by atoms with Crippen molar-refractivity contribution in [1.29, 1.82) is 0 Å². The van der Waals surface area contributed by atoms with Gasteiger partial charge in [-0.1, -0.05) is 125 Å². The van der Waals surface area contributed by atoms with Crippen molar-refractivity contribution in [3.63, 3.8) is 0 Å². The summed E-state index contributed by atoms with van der Waals surface area (Å²) in [4.78, 5) is 14.1. The molecule has 3 aromatic rings. The maximum atomic E-state index is 12.8. The number of hydrogen-bond acceptors (Lipinski definition) is 3. The SMILES string of the molecule is CCCCCCCCCCCCCCOc1ccc(CC(=O)Nc2ccccc2C[n+]2csc(C)c2)c(Cl)c1. The lowest BCUT2D eigenvalue weighted by molar-refractivity contribution is -0.683. The van der Waals surface area contributed by atoms with Crippen LogP contribution in [-0.2, 0) is 17.8 Å². The molecule has 0 unspecified atom stereocenters. The first kappa shape index (κ1) is 31.2. The lowest BCUT2D eigenvalue weighted by atomic mass is 10.1. The van der Waals surface area contributed by atoms with Gasteiger partial charge in [-0.3, -0.25) is 4.79 Å². The van der Waals surface area contributed by atoms with Crippen molar-refractivity contribution >= 4 is 34.5 Å². The van der Waals surface area contributed by atoms with Gasteiger partial charge in [0.05, 0.1) is 23.6 Å². The van der Waals surface area contributed by atoms with Gasteiger partial charge in [0, 0.05) is 10.6 Å². The van der Waals surface area contributed by atoms with E-state index in [0.29, 0.717) is 18.2 Å². The fourth-order valence-corrected chi connectivity index (χ4v) is 5.64. The van der Waals surface area contributed by atoms with Gasteiger partial charge in [0.15, 0.2) is 12.7 Å². The molecular weight excluding hydrogens is 524 g/mol. The van der Waals surface area contributed by atoms with Gasteiger partial charge in [-0.25, -0.2) is 0 Å². The molecule has 1 amide bonds. The molecule has 0 aliphatic rings. The van der Waals surface area contributed by atoms with E-state index in [1.807, 2.05) is 42.5 Å². The number of halogens is 1. The standard InChI is InChI=1S/C33H45ClN2O2S/c1-3-4-5-6-7-8-9-10-11-12-13-16-21-38-30-20-19-28(31(34)23-30)22-33(37)35-32-18-15-14-17-29(32)25-36-24-27(2)39-26-36/h14-15,17-20,23-24,26H,3-13,16,21-22,25H2,1-2H3/p+1. The molecule has 0 aliphatic carbocycles. The molecule has 0 radical (unpaired) electrons. The molecular formula is C33H46ClN2O2S+. The van der Waals surface area contributed by atoms with Gasteiger partial charge >= 0.3 is 0 Å². The normalized spacial score (nSPS) is 11.1. The van der Waals surface area contributed by atoms with Crippen molar-refractivity contribution < 1.29 is 14.1 Å². The highest BCUT2D eigenvalue weighted by atomic mass is 35.5. The van der Waals surface area contributed by atoms with Crippen LogP contribution in [-0.4, -0.2) is 12.5 Å². The number of nitrogens with one attached hydrogen (secondary N) is 1. The van der Waals surface area contributed by atoms with Gasteiger partial charge in [-0.2, -0.15) is 4.57 Å². The number of aryl methyl sites for hydroxylation is 1. The molecule has 4 nitrogen and oxygen atoms in total. The maximum absolute atomic E-state index is 12.8. The molecule has 212 valence electrons. The zero-order valence-electron chi connectivity index (χ0n) is 23.9. The van der Waals surface area contributed by atoms with Crippen LogP contribution in [0.5, 0.6) is 5.75 Å². The molecule has 1 N–H and O–H groups in total. The summed E-state index contributed by atoms with van der Waals surface area (Å²) in [7, 11) is 0. The first-order valence-corrected chi connectivity index (χ1v) is 16.0. The quantitative estimate of drug-likeness (QED) is 0.115. The molecule has 0 fully saturated rings. The number of para-hydroxylation sites is 1. The number of amides is 1. The summed E-state index contributed by atoms with van der Waals surface area (Å²) < 4.78 is 8.06. The second-order valence-corrected chi connectivity index (χ2v) is 12.0. The molecule has 0 bridgehead atoms. The highest BCUT2D eigenvalue weighted by molar-refractivity contribution is 7.09. The highest BCUT2D eigenvalue weighted by Crippen LogP contribution is 2.24. The number of benzene rings is 2. The van der Waals surface area contributed by atoms with Gasteiger partial charge in [0.2, 0.25) is 11.4 Å². The van der Waals surface area contributed by atoms with E-state index in [9.17, 15) is 4.79 Å². The Bertz CT molecular complexity index is 1130. The summed E-state index contributed by atoms with van der Waals surface area (Å²) in [6.07, 6.45) is 18.3. The molecule has 39 heavy (non-hydrogen) atoms. The van der Waals surface area contributed by atoms with E-state index in [-0.39, 0.29) is 12.3 Å². The van der Waals surface area contributed by atoms with E-state index in [0.717, 1.165) is 29.0 Å². The van der Waals surface area contributed by atoms with E-state index >= 15 is 0 Å². The van der Waals surface area contributed by atoms with Crippen LogP contribution in [0.2, 0.25) is 5.02 Å². The zero-order chi connectivity index (χ0) is 27.7. The van der Waals surface area contributed by atoms with Crippen molar-refractivity contribution in [3.8, 4) is 5.75 Å². The monoisotopic (exact) mass is 569 g/mol. The van der Waals surface area contributed by atoms with Gasteiger partial charge in [-0.15, -0.1) is 0 Å². The van der Waals surface area contributed by atoms with Crippen molar-refractivity contribution in [3.05, 3.63) is 75.2 Å². The van der Waals surface area contributed by atoms with Crippen molar-refractivity contribution in [2.75, 3.05) is 11.9 Å². The number of thiazole rings is 1. The Kier molecular flexibility index (Phi) is 14.4. The van der Waals surface area contributed by atoms with Crippen molar-refractivity contribution in [1.82, 2.24) is 0 Å². The fraction of sp³-hybridized carbons (Fsp3) is 0.515. The Morgan fingerprint density at radius 1 is 0.897 bits per heavy atom. The summed E-state index contributed by atoms with van der Waals surface area (Å²) in [5.74, 6) is 0.682. The van der Waals surface area contributed by atoms with Gasteiger partial charge in [0.25, 0.3) is 0 Å². The van der Waals surface area contributed by atoms with Crippen LogP contribution in [0.25, 0.3) is 0 Å². The van der Waals surface area contributed by atoms with Crippen LogP contribution in [0.15, 0.2) is 54.2 Å². The summed E-state index contributed by atoms with van der Waals surface area (Å²) in [5.41, 5.74) is 4.79. The first-order valence-electron chi connectivity index (χ1n) is 14.8. The summed E-state index contributed by atoms with van der Waals surface area (Å²) >= 11 is 8.23. The number of carbonyl (C=O) groups is 1. The second kappa shape index (κ2) is 18.1. The minimum absolute atomic E-state index is 0.0824. The van der Waals surface area contributed by atoms with E-state index in [1.54, 1.807) is 11.3 Å². The van der Waals surface area contributed by atoms with Crippen LogP contribution in [0, 0.1) is 6.92 Å². The van der Waals surface area contributed by atoms with E-state index in [4.69, 9.17) is 16.3 Å². The summed E-state index contributed by atoms with van der Waals surface area (Å²) in [5, 5.41) is 3.63. The number of hydrogen-bond donors (Lipinski definition) is 1. The Balaban J connectivity index is 1.32. The predicted octanol–water partition coefficient (Wildman–Crippen LogP) is 9.31. The summed E-state index contributed by atoms with van der Waals surface area (Å²) in [6, 6.07) is 13.6. The third-order valence-electron chi connectivity index (χ3n) is 7.01. The molecule has 0 aliphatic heterocycles. The van der Waals surface area contributed by atoms with E-state index < -0.39 is 0 Å². The largest absolute Gasteiger partial charge is 0.494 e. The van der Waals surface area contributed by atoms with Crippen LogP contribution in [0.3, 0.4) is 0 Å². The summed E-state index contributed by atoms with van der Waals surface area (Å²) in [6.45, 7) is 5.78. The smallest absolute Gasteiger partial charge is 0.228 e. The zero-order valence-corrected chi connectivity index (χ0v) is 25.4. The molecule has 0 saturated carbocycles. The Morgan fingerprint density at radius 2 is 1.56 bits per heavy atom. The lowest BCUT2D eigenvalue weighted by Crippen LogP contribution is -2.31. The Morgan fingerprint density at radius 3 is 2.21 bits per heavy atom. The van der Waals surface area contributed by atoms with Gasteiger partial charge < -0.3 is 10.1 Å². The third kappa shape index (κ3) is 12.1. The van der Waals surface area contributed by atoms with Crippen LogP contribution in [0.1, 0.15) is 100.0 Å². The van der Waals surface area contributed by atoms with Crippen LogP contribution in [0.4, 0.5) is 5.69 Å². The molecule has 1 aromatic heterocycles. The fourth-order valence-electron chi connectivity index (χ4n) is 4.77. The number of ether oxygens (including phenoxy) is 1. The number of aromatic nitrogens is 1. The molecule has 6 heteroatoms. The average molecular weight is 570 g/mol. The van der Waals surface area contributed by atoms with E-state index in [1.165, 1.54) is 75.5 Å². The molecule has 3 rings (SSSR count). The second-order valence-electron chi connectivity index (χ2n) is 10.5. The number of unbranched alkanes of at least 4 members (excludes halogenated alkanes) is 11. The molecule has 0 saturated heterocycles. The molecule has 0 atom stereocenters. The van der Waals surface area contributed by atoms with Crippen LogP contribution >= 0.6 is 22.9 Å². The van der Waals surface area contributed by atoms with Crippen molar-refractivity contribution in [2.45, 2.75) is 104 Å². The van der Waals surface area contributed by atoms with E-state index in [2.05, 4.69) is 35.4 Å². The first-order chi connectivity index (χ1) is 19.0. The Hall–Kier alpha value is -2.37. The number of nitrogens with zero attached hydrogens (tertiary/aromatic N) is 1. The van der Waals surface area contributed by atoms with Gasteiger partial charge in [0.1, 0.15) is 5.75 Å². The topological polar surface area (TPSA) is 42.2 Å². The highest BCUT2D eigenvalue weighted by Gasteiger charge is 2.13. The Labute approximate surface area is 244 Å². The maximum Gasteiger partial charge on any atom is 0.228 e. The number of rotatable bonds is 19. The minimum atomic E-state index is -0.0824.